The lowest BCUT2D eigenvalue weighted by Crippen LogP contribution is -2.13. The van der Waals surface area contributed by atoms with E-state index < -0.39 is 33.3 Å². The minimum atomic E-state index is -4.25. The Hall–Kier alpha value is -4.18. The van der Waals surface area contributed by atoms with E-state index in [0.29, 0.717) is 5.56 Å². The molecule has 0 radical (unpaired) electrons. The lowest BCUT2D eigenvalue weighted by molar-refractivity contribution is -0.136. The monoisotopic (exact) mass is 466 g/mol. The number of carboxylic acids is 1. The first-order valence-electron chi connectivity index (χ1n) is 9.77. The van der Waals surface area contributed by atoms with Gasteiger partial charge in [-0.3, -0.25) is 14.6 Å². The van der Waals surface area contributed by atoms with Crippen molar-refractivity contribution >= 4 is 32.7 Å². The number of carbonyl (C=O) groups excluding carboxylic acids is 1. The summed E-state index contributed by atoms with van der Waals surface area (Å²) in [5.41, 5.74) is 0.715. The molecular weight excluding hydrogens is 448 g/mol. The molecule has 0 atom stereocenters. The fourth-order valence-electron chi connectivity index (χ4n) is 3.48. The molecular formula is C23H18N2O7S. The molecule has 0 aliphatic rings. The van der Waals surface area contributed by atoms with Gasteiger partial charge in [0.05, 0.1) is 10.4 Å². The molecule has 2 heterocycles. The zero-order valence-corrected chi connectivity index (χ0v) is 17.9. The maximum absolute atomic E-state index is 13.5. The van der Waals surface area contributed by atoms with Crippen LogP contribution in [0.1, 0.15) is 28.0 Å². The third kappa shape index (κ3) is 4.15. The van der Waals surface area contributed by atoms with Crippen LogP contribution in [0, 0.1) is 0 Å². The summed E-state index contributed by atoms with van der Waals surface area (Å²) < 4.78 is 27.9. The molecule has 0 unspecified atom stereocenters. The van der Waals surface area contributed by atoms with Crippen LogP contribution in [0.25, 0.3) is 10.9 Å². The standard InChI is InChI=1S/C23H18N2O7S/c26-20-11-17-15(7-8-22(28)29)13-25(19(17)12-21(20)27)33(31,32)16-5-3-4-14(10-16)23(30)18-6-1-2-9-24-18/h1-6,9-13,26-27H,7-8H2,(H,28,29). The maximum atomic E-state index is 13.5. The molecule has 9 nitrogen and oxygen atoms in total. The van der Waals surface area contributed by atoms with Crippen LogP contribution in [-0.4, -0.2) is 44.4 Å². The summed E-state index contributed by atoms with van der Waals surface area (Å²) in [6, 6.07) is 12.6. The van der Waals surface area contributed by atoms with Crippen LogP contribution in [-0.2, 0) is 21.2 Å². The number of carbonyl (C=O) groups is 2. The highest BCUT2D eigenvalue weighted by atomic mass is 32.2. The van der Waals surface area contributed by atoms with Gasteiger partial charge in [0.2, 0.25) is 5.78 Å². The Morgan fingerprint density at radius 3 is 2.42 bits per heavy atom. The number of fused-ring (bicyclic) bond motifs is 1. The molecule has 0 saturated carbocycles. The second-order valence-electron chi connectivity index (χ2n) is 7.28. The zero-order chi connectivity index (χ0) is 23.8. The van der Waals surface area contributed by atoms with Crippen LogP contribution in [0.4, 0.5) is 0 Å². The first-order valence-corrected chi connectivity index (χ1v) is 11.2. The van der Waals surface area contributed by atoms with Crippen LogP contribution in [0.5, 0.6) is 11.5 Å². The molecule has 168 valence electrons. The van der Waals surface area contributed by atoms with Gasteiger partial charge in [-0.1, -0.05) is 18.2 Å². The zero-order valence-electron chi connectivity index (χ0n) is 17.0. The lowest BCUT2D eigenvalue weighted by atomic mass is 10.1. The number of benzene rings is 2. The highest BCUT2D eigenvalue weighted by molar-refractivity contribution is 7.90. The van der Waals surface area contributed by atoms with Gasteiger partial charge < -0.3 is 15.3 Å². The largest absolute Gasteiger partial charge is 0.504 e. The van der Waals surface area contributed by atoms with Crippen LogP contribution in [0.15, 0.2) is 71.9 Å². The fourth-order valence-corrected chi connectivity index (χ4v) is 4.91. The number of aromatic hydroxyl groups is 2. The molecule has 3 N–H and O–H groups in total. The molecule has 0 saturated heterocycles. The van der Waals surface area contributed by atoms with Crippen molar-refractivity contribution in [1.82, 2.24) is 8.96 Å². The Bertz CT molecular complexity index is 1490. The number of hydrogen-bond acceptors (Lipinski definition) is 7. The van der Waals surface area contributed by atoms with Gasteiger partial charge in [0.1, 0.15) is 5.69 Å². The number of aryl methyl sites for hydroxylation is 1. The quantitative estimate of drug-likeness (QED) is 0.278. The lowest BCUT2D eigenvalue weighted by Gasteiger charge is -2.09. The van der Waals surface area contributed by atoms with Crippen molar-refractivity contribution in [1.29, 1.82) is 0 Å². The summed E-state index contributed by atoms with van der Waals surface area (Å²) >= 11 is 0. The van der Waals surface area contributed by atoms with E-state index in [9.17, 15) is 28.2 Å². The summed E-state index contributed by atoms with van der Waals surface area (Å²) in [6.07, 6.45) is 2.47. The second-order valence-corrected chi connectivity index (χ2v) is 9.09. The number of pyridine rings is 1. The Kier molecular flexibility index (Phi) is 5.60. The van der Waals surface area contributed by atoms with Crippen molar-refractivity contribution in [2.45, 2.75) is 17.7 Å². The number of hydrogen-bond donors (Lipinski definition) is 3. The van der Waals surface area contributed by atoms with Gasteiger partial charge in [-0.2, -0.15) is 0 Å². The predicted molar refractivity (Wildman–Crippen MR) is 118 cm³/mol. The van der Waals surface area contributed by atoms with Gasteiger partial charge in [0.25, 0.3) is 10.0 Å². The third-order valence-corrected chi connectivity index (χ3v) is 6.78. The Labute approximate surface area is 188 Å². The summed E-state index contributed by atoms with van der Waals surface area (Å²) in [7, 11) is -4.25. The minimum Gasteiger partial charge on any atom is -0.504 e. The van der Waals surface area contributed by atoms with E-state index in [1.165, 1.54) is 48.8 Å². The topological polar surface area (TPSA) is 147 Å². The first-order chi connectivity index (χ1) is 15.7. The Morgan fingerprint density at radius 2 is 1.73 bits per heavy atom. The van der Waals surface area contributed by atoms with Crippen molar-refractivity contribution in [3.63, 3.8) is 0 Å². The maximum Gasteiger partial charge on any atom is 0.303 e. The van der Waals surface area contributed by atoms with Gasteiger partial charge in [-0.25, -0.2) is 12.4 Å². The molecule has 4 rings (SSSR count). The number of aliphatic carboxylic acids is 1. The Balaban J connectivity index is 1.83. The highest BCUT2D eigenvalue weighted by Gasteiger charge is 2.24. The van der Waals surface area contributed by atoms with Crippen LogP contribution < -0.4 is 0 Å². The fraction of sp³-hybridized carbons (Fsp3) is 0.0870. The SMILES string of the molecule is O=C(O)CCc1cn(S(=O)(=O)c2cccc(C(=O)c3ccccn3)c2)c2cc(O)c(O)cc12. The average Bonchev–Trinajstić information content (AvgIpc) is 3.16. The van der Waals surface area contributed by atoms with Crippen molar-refractivity contribution in [3.05, 3.63) is 83.8 Å². The first kappa shape index (κ1) is 22.0. The van der Waals surface area contributed by atoms with E-state index in [1.54, 1.807) is 12.1 Å². The average molecular weight is 466 g/mol. The van der Waals surface area contributed by atoms with E-state index in [1.807, 2.05) is 0 Å². The molecule has 2 aromatic heterocycles. The molecule has 10 heteroatoms. The number of ketones is 1. The van der Waals surface area contributed by atoms with Crippen LogP contribution in [0.2, 0.25) is 0 Å². The minimum absolute atomic E-state index is 0.0107. The van der Waals surface area contributed by atoms with Crippen LogP contribution in [0.3, 0.4) is 0 Å². The predicted octanol–water partition coefficient (Wildman–Crippen LogP) is 2.93. The molecule has 0 bridgehead atoms. The van der Waals surface area contributed by atoms with Gasteiger partial charge in [-0.05, 0) is 42.3 Å². The molecule has 4 aromatic rings. The molecule has 0 fully saturated rings. The smallest absolute Gasteiger partial charge is 0.303 e. The van der Waals surface area contributed by atoms with E-state index in [2.05, 4.69) is 4.98 Å². The summed E-state index contributed by atoms with van der Waals surface area (Å²) in [5, 5.41) is 29.1. The van der Waals surface area contributed by atoms with Gasteiger partial charge >= 0.3 is 5.97 Å². The van der Waals surface area contributed by atoms with E-state index in [0.717, 1.165) is 10.0 Å². The number of nitrogens with zero attached hydrogens (tertiary/aromatic N) is 2. The Morgan fingerprint density at radius 1 is 0.970 bits per heavy atom. The van der Waals surface area contributed by atoms with Gasteiger partial charge in [-0.15, -0.1) is 0 Å². The second kappa shape index (κ2) is 8.40. The number of aromatic nitrogens is 2. The van der Waals surface area contributed by atoms with Gasteiger partial charge in [0.15, 0.2) is 11.5 Å². The molecule has 0 spiro atoms. The van der Waals surface area contributed by atoms with E-state index in [-0.39, 0.29) is 39.9 Å². The van der Waals surface area contributed by atoms with Crippen molar-refractivity contribution < 1.29 is 33.3 Å². The van der Waals surface area contributed by atoms with Crippen molar-refractivity contribution in [2.75, 3.05) is 0 Å². The summed E-state index contributed by atoms with van der Waals surface area (Å²) in [6.45, 7) is 0. The summed E-state index contributed by atoms with van der Waals surface area (Å²) in [4.78, 5) is 27.6. The molecule has 33 heavy (non-hydrogen) atoms. The number of phenols is 2. The molecule has 2 aromatic carbocycles. The van der Waals surface area contributed by atoms with Crippen molar-refractivity contribution in [2.24, 2.45) is 0 Å². The number of carboxylic acid groups (broad SMARTS) is 1. The molecule has 0 aliphatic heterocycles. The van der Waals surface area contributed by atoms with Gasteiger partial charge in [0, 0.05) is 35.8 Å². The number of phenolic OH excluding ortho intramolecular Hbond substituents is 2. The normalized spacial score (nSPS) is 11.5. The molecule has 0 amide bonds. The third-order valence-electron chi connectivity index (χ3n) is 5.11. The highest BCUT2D eigenvalue weighted by Crippen LogP contribution is 2.35. The molecule has 0 aliphatic carbocycles. The van der Waals surface area contributed by atoms with E-state index >= 15 is 0 Å². The van der Waals surface area contributed by atoms with Crippen LogP contribution >= 0.6 is 0 Å². The van der Waals surface area contributed by atoms with E-state index in [4.69, 9.17) is 5.11 Å². The summed E-state index contributed by atoms with van der Waals surface area (Å²) in [5.74, 6) is -2.50. The number of rotatable bonds is 7. The van der Waals surface area contributed by atoms with Crippen molar-refractivity contribution in [3.8, 4) is 11.5 Å².